The van der Waals surface area contributed by atoms with Gasteiger partial charge in [-0.3, -0.25) is 0 Å². The molecule has 100 valence electrons. The number of halogens is 1. The van der Waals surface area contributed by atoms with Gasteiger partial charge in [-0.2, -0.15) is 0 Å². The van der Waals surface area contributed by atoms with Crippen LogP contribution in [0.1, 0.15) is 5.56 Å². The Morgan fingerprint density at radius 2 is 2.00 bits per heavy atom. The fourth-order valence-corrected chi connectivity index (χ4v) is 1.96. The number of anilines is 4. The van der Waals surface area contributed by atoms with Crippen LogP contribution >= 0.6 is 11.6 Å². The zero-order valence-corrected chi connectivity index (χ0v) is 11.9. The first-order valence-corrected chi connectivity index (χ1v) is 6.18. The van der Waals surface area contributed by atoms with E-state index in [1.54, 1.807) is 0 Å². The third-order valence-corrected chi connectivity index (χ3v) is 2.96. The van der Waals surface area contributed by atoms with Gasteiger partial charge in [0.15, 0.2) is 11.6 Å². The molecule has 0 saturated heterocycles. The molecule has 0 saturated carbocycles. The normalized spacial score (nSPS) is 10.3. The van der Waals surface area contributed by atoms with E-state index in [4.69, 9.17) is 17.3 Å². The van der Waals surface area contributed by atoms with Gasteiger partial charge in [0.05, 0.1) is 0 Å². The van der Waals surface area contributed by atoms with Gasteiger partial charge in [-0.05, 0) is 30.7 Å². The first kappa shape index (κ1) is 13.4. The van der Waals surface area contributed by atoms with E-state index in [-0.39, 0.29) is 0 Å². The van der Waals surface area contributed by atoms with E-state index >= 15 is 0 Å². The number of nitrogens with one attached hydrogen (secondary N) is 1. The molecule has 0 aliphatic carbocycles. The Kier molecular flexibility index (Phi) is 3.76. The van der Waals surface area contributed by atoms with Gasteiger partial charge in [-0.1, -0.05) is 11.6 Å². The second kappa shape index (κ2) is 5.32. The van der Waals surface area contributed by atoms with Gasteiger partial charge in [0.2, 0.25) is 0 Å². The van der Waals surface area contributed by atoms with Crippen LogP contribution in [0.25, 0.3) is 0 Å². The van der Waals surface area contributed by atoms with E-state index in [2.05, 4.69) is 15.3 Å². The second-order valence-electron chi connectivity index (χ2n) is 4.44. The van der Waals surface area contributed by atoms with Gasteiger partial charge in [-0.15, -0.1) is 0 Å². The highest BCUT2D eigenvalue weighted by Crippen LogP contribution is 2.29. The van der Waals surface area contributed by atoms with Crippen LogP contribution in [-0.2, 0) is 0 Å². The summed E-state index contributed by atoms with van der Waals surface area (Å²) in [6.45, 7) is 1.97. The number of aryl methyl sites for hydroxylation is 1. The summed E-state index contributed by atoms with van der Waals surface area (Å²) in [5.41, 5.74) is 8.51. The van der Waals surface area contributed by atoms with Crippen LogP contribution in [-0.4, -0.2) is 24.1 Å². The monoisotopic (exact) mass is 277 g/mol. The number of rotatable bonds is 3. The maximum Gasteiger partial charge on any atom is 0.159 e. The van der Waals surface area contributed by atoms with Crippen molar-refractivity contribution < 1.29 is 0 Å². The lowest BCUT2D eigenvalue weighted by Crippen LogP contribution is -2.14. The van der Waals surface area contributed by atoms with Crippen molar-refractivity contribution in [3.8, 4) is 0 Å². The molecule has 3 N–H and O–H groups in total. The van der Waals surface area contributed by atoms with Gasteiger partial charge < -0.3 is 16.0 Å². The topological polar surface area (TPSA) is 67.1 Å². The Balaban J connectivity index is 2.36. The average Bonchev–Trinajstić information content (AvgIpc) is 2.34. The van der Waals surface area contributed by atoms with Gasteiger partial charge in [-0.25, -0.2) is 9.97 Å². The van der Waals surface area contributed by atoms with Gasteiger partial charge in [0, 0.05) is 24.8 Å². The fraction of sp³-hybridized carbons (Fsp3) is 0.231. The molecule has 1 heterocycles. The number of benzene rings is 1. The van der Waals surface area contributed by atoms with Crippen LogP contribution < -0.4 is 16.0 Å². The minimum atomic E-state index is 0.516. The van der Waals surface area contributed by atoms with E-state index < -0.39 is 0 Å². The highest BCUT2D eigenvalue weighted by atomic mass is 35.5. The smallest absolute Gasteiger partial charge is 0.159 e. The molecule has 0 aliphatic heterocycles. The van der Waals surface area contributed by atoms with Crippen molar-refractivity contribution in [2.45, 2.75) is 6.92 Å². The lowest BCUT2D eigenvalue weighted by molar-refractivity contribution is 1.04. The molecular formula is C13H16ClN5. The van der Waals surface area contributed by atoms with Crippen molar-refractivity contribution in [1.82, 2.24) is 9.97 Å². The van der Waals surface area contributed by atoms with Crippen molar-refractivity contribution in [2.24, 2.45) is 0 Å². The zero-order chi connectivity index (χ0) is 14.0. The molecule has 1 aromatic carbocycles. The molecule has 0 aliphatic rings. The van der Waals surface area contributed by atoms with Crippen LogP contribution in [0.2, 0.25) is 5.02 Å². The van der Waals surface area contributed by atoms with Gasteiger partial charge in [0.25, 0.3) is 0 Å². The fourth-order valence-electron chi connectivity index (χ4n) is 1.74. The van der Waals surface area contributed by atoms with Gasteiger partial charge >= 0.3 is 0 Å². The van der Waals surface area contributed by atoms with Gasteiger partial charge in [0.1, 0.15) is 12.0 Å². The van der Waals surface area contributed by atoms with Crippen LogP contribution in [0.15, 0.2) is 24.5 Å². The Morgan fingerprint density at radius 1 is 1.26 bits per heavy atom. The minimum absolute atomic E-state index is 0.516. The molecule has 2 rings (SSSR count). The molecule has 0 atom stereocenters. The van der Waals surface area contributed by atoms with Crippen molar-refractivity contribution in [3.05, 3.63) is 35.1 Å². The van der Waals surface area contributed by atoms with E-state index in [1.807, 2.05) is 44.1 Å². The number of nitrogens with two attached hydrogens (primary N) is 1. The third-order valence-electron chi connectivity index (χ3n) is 2.73. The van der Waals surface area contributed by atoms with Crippen molar-refractivity contribution in [2.75, 3.05) is 30.0 Å². The van der Waals surface area contributed by atoms with E-state index in [0.717, 1.165) is 11.3 Å². The molecule has 19 heavy (non-hydrogen) atoms. The molecule has 0 radical (unpaired) electrons. The van der Waals surface area contributed by atoms with E-state index in [1.165, 1.54) is 6.33 Å². The van der Waals surface area contributed by atoms with Crippen molar-refractivity contribution in [3.63, 3.8) is 0 Å². The molecule has 2 aromatic rings. The minimum Gasteiger partial charge on any atom is -0.393 e. The summed E-state index contributed by atoms with van der Waals surface area (Å²) >= 11 is 5.93. The van der Waals surface area contributed by atoms with Crippen LogP contribution in [0.5, 0.6) is 0 Å². The van der Waals surface area contributed by atoms with Crippen LogP contribution in [0, 0.1) is 6.92 Å². The Bertz CT molecular complexity index is 598. The van der Waals surface area contributed by atoms with Crippen LogP contribution in [0.3, 0.4) is 0 Å². The Labute approximate surface area is 117 Å². The summed E-state index contributed by atoms with van der Waals surface area (Å²) in [4.78, 5) is 10.2. The summed E-state index contributed by atoms with van der Waals surface area (Å²) in [5, 5.41) is 3.90. The molecular weight excluding hydrogens is 262 g/mol. The summed E-state index contributed by atoms with van der Waals surface area (Å²) < 4.78 is 0. The highest BCUT2D eigenvalue weighted by Gasteiger charge is 2.10. The predicted octanol–water partition coefficient (Wildman–Crippen LogP) is 2.83. The maximum atomic E-state index is 6.06. The Hall–Kier alpha value is -2.01. The first-order valence-electron chi connectivity index (χ1n) is 5.80. The molecule has 1 aromatic heterocycles. The summed E-state index contributed by atoms with van der Waals surface area (Å²) in [6, 6.07) is 5.60. The Morgan fingerprint density at radius 3 is 2.63 bits per heavy atom. The summed E-state index contributed by atoms with van der Waals surface area (Å²) in [6.07, 6.45) is 1.49. The molecule has 0 fully saturated rings. The molecule has 0 unspecified atom stereocenters. The molecule has 0 bridgehead atoms. The first-order chi connectivity index (χ1) is 8.99. The number of aromatic nitrogens is 2. The number of hydrogen-bond acceptors (Lipinski definition) is 5. The van der Waals surface area contributed by atoms with Crippen molar-refractivity contribution in [1.29, 1.82) is 0 Å². The molecule has 5 nitrogen and oxygen atoms in total. The predicted molar refractivity (Wildman–Crippen MR) is 80.2 cm³/mol. The molecule has 6 heteroatoms. The summed E-state index contributed by atoms with van der Waals surface area (Å²) in [7, 11) is 3.77. The largest absolute Gasteiger partial charge is 0.393 e. The third kappa shape index (κ3) is 2.88. The van der Waals surface area contributed by atoms with E-state index in [0.29, 0.717) is 22.3 Å². The summed E-state index contributed by atoms with van der Waals surface area (Å²) in [5.74, 6) is 1.27. The van der Waals surface area contributed by atoms with Crippen molar-refractivity contribution >= 4 is 34.6 Å². The average molecular weight is 278 g/mol. The second-order valence-corrected chi connectivity index (χ2v) is 4.87. The van der Waals surface area contributed by atoms with E-state index in [9.17, 15) is 0 Å². The SMILES string of the molecule is Cc1cc(Cl)ccc1Nc1ncnc(N(C)C)c1N. The lowest BCUT2D eigenvalue weighted by atomic mass is 10.2. The standard InChI is InChI=1S/C13H16ClN5/c1-8-6-9(14)4-5-10(8)18-12-11(15)13(19(2)3)17-7-16-12/h4-7H,15H2,1-3H3,(H,16,17,18). The molecule has 0 amide bonds. The lowest BCUT2D eigenvalue weighted by Gasteiger charge is -2.16. The quantitative estimate of drug-likeness (QED) is 0.903. The number of nitrogen functional groups attached to an aromatic ring is 1. The zero-order valence-electron chi connectivity index (χ0n) is 11.1. The molecule has 0 spiro atoms. The number of nitrogens with zero attached hydrogens (tertiary/aromatic N) is 3. The maximum absolute atomic E-state index is 6.06. The highest BCUT2D eigenvalue weighted by molar-refractivity contribution is 6.30. The number of hydrogen-bond donors (Lipinski definition) is 2. The van der Waals surface area contributed by atoms with Crippen LogP contribution in [0.4, 0.5) is 23.0 Å².